The van der Waals surface area contributed by atoms with Gasteiger partial charge in [-0.25, -0.2) is 9.98 Å². The first-order valence-corrected chi connectivity index (χ1v) is 10.7. The molecule has 1 N–H and O–H groups in total. The van der Waals surface area contributed by atoms with Crippen LogP contribution < -0.4 is 4.74 Å². The van der Waals surface area contributed by atoms with Crippen molar-refractivity contribution in [2.45, 2.75) is 31.4 Å². The maximum atomic E-state index is 10.1. The Balaban J connectivity index is 1.30. The van der Waals surface area contributed by atoms with E-state index in [4.69, 9.17) is 14.5 Å². The molecular weight excluding hydrogens is 400 g/mol. The summed E-state index contributed by atoms with van der Waals surface area (Å²) in [6, 6.07) is 25.2. The Morgan fingerprint density at radius 2 is 1.78 bits per heavy atom. The van der Waals surface area contributed by atoms with E-state index in [1.54, 1.807) is 18.2 Å². The van der Waals surface area contributed by atoms with Gasteiger partial charge in [-0.15, -0.1) is 0 Å². The third-order valence-electron chi connectivity index (χ3n) is 6.46. The highest BCUT2D eigenvalue weighted by Crippen LogP contribution is 2.51. The summed E-state index contributed by atoms with van der Waals surface area (Å²) in [5.74, 6) is 1.81. The number of phenols is 1. The maximum Gasteiger partial charge on any atom is 0.219 e. The number of rotatable bonds is 3. The van der Waals surface area contributed by atoms with Gasteiger partial charge in [-0.05, 0) is 41.5 Å². The largest absolute Gasteiger partial charge is 0.506 e. The van der Waals surface area contributed by atoms with Crippen molar-refractivity contribution in [2.75, 3.05) is 0 Å². The molecule has 0 unspecified atom stereocenters. The second-order valence-electron chi connectivity index (χ2n) is 8.85. The molecule has 0 saturated carbocycles. The van der Waals surface area contributed by atoms with Crippen LogP contribution in [-0.2, 0) is 10.2 Å². The first-order valence-electron chi connectivity index (χ1n) is 10.7. The molecule has 0 radical (unpaired) electrons. The number of hydrogen-bond donors (Lipinski definition) is 1. The molecule has 2 aliphatic rings. The highest BCUT2D eigenvalue weighted by atomic mass is 16.5. The van der Waals surface area contributed by atoms with Gasteiger partial charge in [0, 0.05) is 22.4 Å². The molecule has 0 saturated heterocycles. The molecule has 2 atom stereocenters. The van der Waals surface area contributed by atoms with Crippen molar-refractivity contribution in [3.8, 4) is 17.4 Å². The molecule has 0 bridgehead atoms. The highest BCUT2D eigenvalue weighted by molar-refractivity contribution is 5.96. The molecule has 5 heteroatoms. The van der Waals surface area contributed by atoms with Gasteiger partial charge < -0.3 is 14.6 Å². The zero-order chi connectivity index (χ0) is 21.9. The number of aliphatic imine (C=N–C) groups is 1. The van der Waals surface area contributed by atoms with Crippen LogP contribution >= 0.6 is 0 Å². The third kappa shape index (κ3) is 2.85. The molecule has 1 aliphatic carbocycles. The first kappa shape index (κ1) is 18.9. The van der Waals surface area contributed by atoms with Crippen molar-refractivity contribution in [1.82, 2.24) is 4.98 Å². The summed E-state index contributed by atoms with van der Waals surface area (Å²) in [4.78, 5) is 9.43. The summed E-state index contributed by atoms with van der Waals surface area (Å²) in [5.41, 5.74) is 3.82. The van der Waals surface area contributed by atoms with Crippen LogP contribution in [0, 0.1) is 0 Å². The number of nitrogens with zero attached hydrogens (tertiary/aromatic N) is 2. The Hall–Kier alpha value is -3.86. The first-order chi connectivity index (χ1) is 15.5. The van der Waals surface area contributed by atoms with E-state index in [1.807, 2.05) is 36.4 Å². The Kier molecular flexibility index (Phi) is 4.02. The number of ether oxygens (including phenoxy) is 2. The van der Waals surface area contributed by atoms with E-state index in [-0.39, 0.29) is 23.3 Å². The minimum atomic E-state index is -0.0891. The van der Waals surface area contributed by atoms with Crippen molar-refractivity contribution in [3.05, 3.63) is 95.6 Å². The van der Waals surface area contributed by atoms with Crippen LogP contribution in [0.5, 0.6) is 17.4 Å². The lowest BCUT2D eigenvalue weighted by Crippen LogP contribution is -2.27. The highest BCUT2D eigenvalue weighted by Gasteiger charge is 2.51. The number of pyridine rings is 1. The van der Waals surface area contributed by atoms with Gasteiger partial charge in [-0.2, -0.15) is 0 Å². The Labute approximate surface area is 186 Å². The predicted molar refractivity (Wildman–Crippen MR) is 124 cm³/mol. The lowest BCUT2D eigenvalue weighted by atomic mass is 9.83. The number of fused-ring (bicyclic) bond motifs is 4. The quantitative estimate of drug-likeness (QED) is 0.446. The maximum absolute atomic E-state index is 10.1. The van der Waals surface area contributed by atoms with E-state index in [0.717, 1.165) is 10.9 Å². The van der Waals surface area contributed by atoms with Gasteiger partial charge in [0.1, 0.15) is 29.2 Å². The molecule has 1 aromatic heterocycles. The number of aromatic nitrogens is 1. The van der Waals surface area contributed by atoms with E-state index >= 15 is 0 Å². The fourth-order valence-corrected chi connectivity index (χ4v) is 4.80. The van der Waals surface area contributed by atoms with Gasteiger partial charge in [0.2, 0.25) is 11.8 Å². The molecule has 0 spiro atoms. The molecule has 3 aromatic carbocycles. The number of benzene rings is 3. The second-order valence-corrected chi connectivity index (χ2v) is 8.85. The second kappa shape index (κ2) is 6.82. The fraction of sp³-hybridized carbons (Fsp3) is 0.185. The molecule has 1 aliphatic heterocycles. The van der Waals surface area contributed by atoms with Gasteiger partial charge >= 0.3 is 0 Å². The Bertz CT molecular complexity index is 1390. The minimum Gasteiger partial charge on any atom is -0.506 e. The van der Waals surface area contributed by atoms with Crippen LogP contribution in [0.1, 0.15) is 36.6 Å². The van der Waals surface area contributed by atoms with Crippen molar-refractivity contribution in [1.29, 1.82) is 0 Å². The normalized spacial score (nSPS) is 20.4. The van der Waals surface area contributed by atoms with Crippen molar-refractivity contribution in [2.24, 2.45) is 4.99 Å². The molecule has 4 aromatic rings. The van der Waals surface area contributed by atoms with Crippen LogP contribution in [0.15, 0.2) is 83.9 Å². The monoisotopic (exact) mass is 422 g/mol. The molecular formula is C27H22N2O3. The average molecular weight is 422 g/mol. The van der Waals surface area contributed by atoms with E-state index < -0.39 is 0 Å². The predicted octanol–water partition coefficient (Wildman–Crippen LogP) is 5.91. The summed E-state index contributed by atoms with van der Waals surface area (Å²) in [5, 5.41) is 10.9. The van der Waals surface area contributed by atoms with Crippen molar-refractivity contribution >= 4 is 16.8 Å². The van der Waals surface area contributed by atoms with Gasteiger partial charge in [-0.1, -0.05) is 56.3 Å². The summed E-state index contributed by atoms with van der Waals surface area (Å²) in [6.45, 7) is 4.46. The number of hydrogen-bond acceptors (Lipinski definition) is 5. The molecule has 0 fully saturated rings. The molecule has 0 amide bonds. The topological polar surface area (TPSA) is 63.9 Å². The fourth-order valence-electron chi connectivity index (χ4n) is 4.80. The molecule has 6 rings (SSSR count). The smallest absolute Gasteiger partial charge is 0.219 e. The zero-order valence-corrected chi connectivity index (χ0v) is 17.8. The van der Waals surface area contributed by atoms with Crippen LogP contribution in [-0.4, -0.2) is 22.0 Å². The number of aromatic hydroxyl groups is 1. The van der Waals surface area contributed by atoms with Gasteiger partial charge in [0.25, 0.3) is 0 Å². The zero-order valence-electron chi connectivity index (χ0n) is 17.8. The standard InChI is InChI=1S/C27H22N2O3/c1-27(2)20-11-4-3-10-19(20)24-25(27)29-26(32-24)17-8-5-9-18(15-17)31-22-14-13-16-7-6-12-21(30)23(16)28-22/h3-15,24-25,30H,1-2H3/t24-,25-/m1/s1. The summed E-state index contributed by atoms with van der Waals surface area (Å²) in [7, 11) is 0. The molecule has 32 heavy (non-hydrogen) atoms. The van der Waals surface area contributed by atoms with E-state index in [9.17, 15) is 5.11 Å². The Morgan fingerprint density at radius 3 is 2.69 bits per heavy atom. The Morgan fingerprint density at radius 1 is 0.938 bits per heavy atom. The van der Waals surface area contributed by atoms with Gasteiger partial charge in [-0.3, -0.25) is 0 Å². The van der Waals surface area contributed by atoms with Crippen LogP contribution in [0.3, 0.4) is 0 Å². The lowest BCUT2D eigenvalue weighted by molar-refractivity contribution is 0.186. The number of phenolic OH excluding ortho intramolecular Hbond substituents is 1. The third-order valence-corrected chi connectivity index (χ3v) is 6.46. The average Bonchev–Trinajstić information content (AvgIpc) is 3.34. The summed E-state index contributed by atoms with van der Waals surface area (Å²) < 4.78 is 12.4. The molecule has 158 valence electrons. The van der Waals surface area contributed by atoms with Crippen LogP contribution in [0.25, 0.3) is 10.9 Å². The van der Waals surface area contributed by atoms with E-state index in [0.29, 0.717) is 23.0 Å². The molecule has 2 heterocycles. The lowest BCUT2D eigenvalue weighted by Gasteiger charge is -2.23. The van der Waals surface area contributed by atoms with E-state index in [2.05, 4.69) is 43.1 Å². The van der Waals surface area contributed by atoms with Crippen LogP contribution in [0.2, 0.25) is 0 Å². The summed E-state index contributed by atoms with van der Waals surface area (Å²) in [6.07, 6.45) is -0.0640. The van der Waals surface area contributed by atoms with Gasteiger partial charge in [0.15, 0.2) is 0 Å². The minimum absolute atomic E-state index is 0.0459. The summed E-state index contributed by atoms with van der Waals surface area (Å²) >= 11 is 0. The van der Waals surface area contributed by atoms with Crippen molar-refractivity contribution < 1.29 is 14.6 Å². The molecule has 5 nitrogen and oxygen atoms in total. The van der Waals surface area contributed by atoms with Gasteiger partial charge in [0.05, 0.1) is 0 Å². The SMILES string of the molecule is CC1(C)c2ccccc2[C@H]2OC(c3cccc(Oc4ccc5cccc(O)c5n4)c3)=N[C@H]21. The van der Waals surface area contributed by atoms with Crippen molar-refractivity contribution in [3.63, 3.8) is 0 Å². The van der Waals surface area contributed by atoms with Crippen LogP contribution in [0.4, 0.5) is 0 Å². The number of para-hydroxylation sites is 1. The van der Waals surface area contributed by atoms with E-state index in [1.165, 1.54) is 11.1 Å².